The summed E-state index contributed by atoms with van der Waals surface area (Å²) in [7, 11) is 0. The molecule has 0 radical (unpaired) electrons. The van der Waals surface area contributed by atoms with Crippen molar-refractivity contribution in [1.29, 1.82) is 0 Å². The highest BCUT2D eigenvalue weighted by atomic mass is 19.3. The van der Waals surface area contributed by atoms with E-state index in [9.17, 15) is 27.2 Å². The Morgan fingerprint density at radius 2 is 2.00 bits per heavy atom. The highest BCUT2D eigenvalue weighted by Gasteiger charge is 2.49. The van der Waals surface area contributed by atoms with Crippen LogP contribution in [0.25, 0.3) is 0 Å². The lowest BCUT2D eigenvalue weighted by atomic mass is 10.3. The molecule has 1 aromatic rings. The topological polar surface area (TPSA) is 82.2 Å². The van der Waals surface area contributed by atoms with Gasteiger partial charge in [-0.15, -0.1) is 0 Å². The van der Waals surface area contributed by atoms with Gasteiger partial charge in [-0.2, -0.15) is 8.78 Å². The molecule has 0 spiro atoms. The molecule has 0 aliphatic heterocycles. The summed E-state index contributed by atoms with van der Waals surface area (Å²) in [6.07, 6.45) is -4.18. The number of hydrogen-bond acceptors (Lipinski definition) is 2. The second kappa shape index (κ2) is 4.67. The van der Waals surface area contributed by atoms with Crippen LogP contribution in [0.4, 0.5) is 23.2 Å². The minimum absolute atomic E-state index is 0.267. The molecule has 100 valence electrons. The van der Waals surface area contributed by atoms with E-state index < -0.39 is 35.6 Å². The number of rotatable bonds is 4. The molecule has 0 unspecified atom stereocenters. The van der Waals surface area contributed by atoms with Crippen LogP contribution in [0.15, 0.2) is 6.07 Å². The predicted octanol–water partition coefficient (Wildman–Crippen LogP) is 1.86. The van der Waals surface area contributed by atoms with Crippen molar-refractivity contribution in [3.63, 3.8) is 0 Å². The van der Waals surface area contributed by atoms with Crippen LogP contribution in [0.3, 0.4) is 0 Å². The van der Waals surface area contributed by atoms with E-state index in [1.165, 1.54) is 12.2 Å². The van der Waals surface area contributed by atoms with Gasteiger partial charge < -0.3 is 15.4 Å². The maximum Gasteiger partial charge on any atom is 0.383 e. The molecular formula is C9H8F4N2O3. The number of alkyl halides is 4. The van der Waals surface area contributed by atoms with Gasteiger partial charge in [0.05, 0.1) is 5.69 Å². The van der Waals surface area contributed by atoms with E-state index in [1.54, 1.807) is 0 Å². The SMILES string of the molecule is Cc1cc(NC(=O)C(F)(F)C(F)F)c(C(=O)O)[nH]1. The summed E-state index contributed by atoms with van der Waals surface area (Å²) >= 11 is 0. The van der Waals surface area contributed by atoms with Gasteiger partial charge in [-0.05, 0) is 13.0 Å². The Balaban J connectivity index is 2.99. The fourth-order valence-corrected chi connectivity index (χ4v) is 1.16. The normalized spacial score (nSPS) is 11.7. The van der Waals surface area contributed by atoms with Crippen LogP contribution in [0, 0.1) is 6.92 Å². The summed E-state index contributed by atoms with van der Waals surface area (Å²) in [6, 6.07) is 1.04. The monoisotopic (exact) mass is 268 g/mol. The first-order valence-electron chi connectivity index (χ1n) is 4.56. The molecule has 3 N–H and O–H groups in total. The number of aromatic amines is 1. The molecule has 0 saturated carbocycles. The molecule has 5 nitrogen and oxygen atoms in total. The Labute approximate surface area is 97.8 Å². The third-order valence-corrected chi connectivity index (χ3v) is 1.99. The number of hydrogen-bond donors (Lipinski definition) is 3. The lowest BCUT2D eigenvalue weighted by molar-refractivity contribution is -0.163. The summed E-state index contributed by atoms with van der Waals surface area (Å²) in [5.74, 6) is -8.67. The largest absolute Gasteiger partial charge is 0.477 e. The highest BCUT2D eigenvalue weighted by Crippen LogP contribution is 2.26. The Hall–Kier alpha value is -2.06. The van der Waals surface area contributed by atoms with Gasteiger partial charge >= 0.3 is 24.2 Å². The van der Waals surface area contributed by atoms with E-state index in [2.05, 4.69) is 4.98 Å². The van der Waals surface area contributed by atoms with Crippen LogP contribution < -0.4 is 5.32 Å². The predicted molar refractivity (Wildman–Crippen MR) is 52.1 cm³/mol. The second-order valence-electron chi connectivity index (χ2n) is 3.42. The molecule has 0 aliphatic carbocycles. The highest BCUT2D eigenvalue weighted by molar-refractivity contribution is 6.02. The van der Waals surface area contributed by atoms with Crippen LogP contribution >= 0.6 is 0 Å². The van der Waals surface area contributed by atoms with Crippen LogP contribution in [-0.2, 0) is 4.79 Å². The molecule has 1 aromatic heterocycles. The summed E-state index contributed by atoms with van der Waals surface area (Å²) in [6.45, 7) is 1.41. The quantitative estimate of drug-likeness (QED) is 0.729. The smallest absolute Gasteiger partial charge is 0.383 e. The molecule has 18 heavy (non-hydrogen) atoms. The van der Waals surface area contributed by atoms with Crippen LogP contribution in [0.5, 0.6) is 0 Å². The van der Waals surface area contributed by atoms with Gasteiger partial charge in [0.25, 0.3) is 0 Å². The Morgan fingerprint density at radius 1 is 1.44 bits per heavy atom. The first kappa shape index (κ1) is 14.0. The number of amides is 1. The lowest BCUT2D eigenvalue weighted by Gasteiger charge is -2.14. The molecule has 1 rings (SSSR count). The van der Waals surface area contributed by atoms with Crippen molar-refractivity contribution in [3.8, 4) is 0 Å². The molecule has 0 atom stereocenters. The summed E-state index contributed by atoms with van der Waals surface area (Å²) in [5.41, 5.74) is -0.792. The molecular weight excluding hydrogens is 260 g/mol. The van der Waals surface area contributed by atoms with Crippen molar-refractivity contribution in [2.75, 3.05) is 5.32 Å². The molecule has 0 aromatic carbocycles. The van der Waals surface area contributed by atoms with Gasteiger partial charge in [0, 0.05) is 5.69 Å². The number of carbonyl (C=O) groups is 2. The third-order valence-electron chi connectivity index (χ3n) is 1.99. The lowest BCUT2D eigenvalue weighted by Crippen LogP contribution is -2.41. The van der Waals surface area contributed by atoms with E-state index in [0.29, 0.717) is 0 Å². The zero-order chi connectivity index (χ0) is 14.1. The minimum Gasteiger partial charge on any atom is -0.477 e. The molecule has 1 amide bonds. The molecule has 0 aliphatic rings. The van der Waals surface area contributed by atoms with Crippen molar-refractivity contribution in [2.45, 2.75) is 19.3 Å². The van der Waals surface area contributed by atoms with Crippen molar-refractivity contribution < 1.29 is 32.3 Å². The first-order chi connectivity index (χ1) is 8.16. The summed E-state index contributed by atoms with van der Waals surface area (Å²) < 4.78 is 49.1. The van der Waals surface area contributed by atoms with Crippen molar-refractivity contribution >= 4 is 17.6 Å². The van der Waals surface area contributed by atoms with Crippen molar-refractivity contribution in [2.24, 2.45) is 0 Å². The van der Waals surface area contributed by atoms with E-state index in [-0.39, 0.29) is 5.69 Å². The number of carboxylic acids is 1. The number of nitrogens with one attached hydrogen (secondary N) is 2. The van der Waals surface area contributed by atoms with Crippen molar-refractivity contribution in [3.05, 3.63) is 17.5 Å². The van der Waals surface area contributed by atoms with Gasteiger partial charge in [-0.25, -0.2) is 13.6 Å². The van der Waals surface area contributed by atoms with Gasteiger partial charge in [-0.1, -0.05) is 0 Å². The molecule has 9 heteroatoms. The van der Waals surface area contributed by atoms with Gasteiger partial charge in [-0.3, -0.25) is 4.79 Å². The summed E-state index contributed by atoms with van der Waals surface area (Å²) in [5, 5.41) is 10.1. The maximum atomic E-state index is 12.6. The molecule has 0 saturated heterocycles. The Bertz CT molecular complexity index is 484. The van der Waals surface area contributed by atoms with Crippen LogP contribution in [0.2, 0.25) is 0 Å². The fourth-order valence-electron chi connectivity index (χ4n) is 1.16. The molecule has 1 heterocycles. The van der Waals surface area contributed by atoms with E-state index in [4.69, 9.17) is 5.11 Å². The Morgan fingerprint density at radius 3 is 2.44 bits per heavy atom. The minimum atomic E-state index is -4.89. The van der Waals surface area contributed by atoms with E-state index in [0.717, 1.165) is 6.07 Å². The Kier molecular flexibility index (Phi) is 3.63. The number of H-pyrrole nitrogens is 1. The number of anilines is 1. The van der Waals surface area contributed by atoms with Crippen molar-refractivity contribution in [1.82, 2.24) is 4.98 Å². The van der Waals surface area contributed by atoms with Crippen LogP contribution in [-0.4, -0.2) is 34.3 Å². The number of aromatic carboxylic acids is 1. The zero-order valence-electron chi connectivity index (χ0n) is 8.93. The zero-order valence-corrected chi connectivity index (χ0v) is 8.93. The second-order valence-corrected chi connectivity index (χ2v) is 3.42. The summed E-state index contributed by atoms with van der Waals surface area (Å²) in [4.78, 5) is 23.9. The number of aromatic nitrogens is 1. The average Bonchev–Trinajstić information content (AvgIpc) is 2.59. The van der Waals surface area contributed by atoms with Crippen LogP contribution in [0.1, 0.15) is 16.2 Å². The number of halogens is 4. The third kappa shape index (κ3) is 2.60. The average molecular weight is 268 g/mol. The maximum absolute atomic E-state index is 12.6. The van der Waals surface area contributed by atoms with Gasteiger partial charge in [0.15, 0.2) is 0 Å². The van der Waals surface area contributed by atoms with E-state index >= 15 is 0 Å². The molecule has 0 bridgehead atoms. The number of aryl methyl sites for hydroxylation is 1. The van der Waals surface area contributed by atoms with E-state index in [1.807, 2.05) is 0 Å². The number of carbonyl (C=O) groups excluding carboxylic acids is 1. The standard InChI is InChI=1S/C9H8F4N2O3/c1-3-2-4(5(14-3)6(16)17)15-8(18)9(12,13)7(10)11/h2,7,14H,1H3,(H,15,18)(H,16,17). The van der Waals surface area contributed by atoms with Gasteiger partial charge in [0.1, 0.15) is 5.69 Å². The first-order valence-corrected chi connectivity index (χ1v) is 4.56. The fraction of sp³-hybridized carbons (Fsp3) is 0.333. The number of carboxylic acid groups (broad SMARTS) is 1. The molecule has 0 fully saturated rings. The van der Waals surface area contributed by atoms with Gasteiger partial charge in [0.2, 0.25) is 0 Å².